The van der Waals surface area contributed by atoms with Crippen molar-refractivity contribution in [2.75, 3.05) is 33.4 Å². The van der Waals surface area contributed by atoms with Gasteiger partial charge in [-0.1, -0.05) is 0 Å². The SMILES string of the molecule is COc1nccc2oc(-c3cnc4ccc(OC[C@H]5CN(C(=O)C6CC6)CCO5)nn34)cc12. The lowest BCUT2D eigenvalue weighted by Crippen LogP contribution is -2.48. The Hall–Kier alpha value is -3.66. The van der Waals surface area contributed by atoms with E-state index < -0.39 is 0 Å². The molecule has 1 saturated carbocycles. The summed E-state index contributed by atoms with van der Waals surface area (Å²) < 4.78 is 24.7. The van der Waals surface area contributed by atoms with E-state index in [9.17, 15) is 4.79 Å². The van der Waals surface area contributed by atoms with Gasteiger partial charge in [-0.2, -0.15) is 0 Å². The molecule has 1 amide bonds. The molecule has 0 radical (unpaired) electrons. The Balaban J connectivity index is 1.21. The zero-order valence-electron chi connectivity index (χ0n) is 18.1. The summed E-state index contributed by atoms with van der Waals surface area (Å²) in [4.78, 5) is 22.9. The molecule has 2 aliphatic rings. The minimum absolute atomic E-state index is 0.184. The number of carbonyl (C=O) groups excluding carboxylic acids is 1. The summed E-state index contributed by atoms with van der Waals surface area (Å²) in [5, 5.41) is 5.37. The number of amides is 1. The second-order valence-electron chi connectivity index (χ2n) is 8.29. The standard InChI is InChI=1S/C23H23N5O5/c1-30-22-16-10-19(33-18(16)6-7-24-22)17-11-25-20-4-5-21(26-28(17)20)32-13-15-12-27(8-9-31-15)23(29)14-2-3-14/h4-7,10-11,14-15H,2-3,8-9,12-13H2,1H3/t15-/m1/s1. The van der Waals surface area contributed by atoms with Crippen molar-refractivity contribution in [2.45, 2.75) is 18.9 Å². The van der Waals surface area contributed by atoms with Crippen LogP contribution in [0, 0.1) is 5.92 Å². The van der Waals surface area contributed by atoms with Crippen LogP contribution in [0.3, 0.4) is 0 Å². The van der Waals surface area contributed by atoms with Crippen molar-refractivity contribution in [3.05, 3.63) is 36.7 Å². The maximum Gasteiger partial charge on any atom is 0.231 e. The van der Waals surface area contributed by atoms with Crippen LogP contribution in [0.2, 0.25) is 0 Å². The molecule has 1 saturated heterocycles. The number of morpholine rings is 1. The average Bonchev–Trinajstić information content (AvgIpc) is 3.47. The fourth-order valence-corrected chi connectivity index (χ4v) is 4.12. The van der Waals surface area contributed by atoms with Gasteiger partial charge in [-0.25, -0.2) is 14.5 Å². The Bertz CT molecular complexity index is 1330. The number of aromatic nitrogens is 4. The van der Waals surface area contributed by atoms with E-state index in [2.05, 4.69) is 15.1 Å². The minimum Gasteiger partial charge on any atom is -0.480 e. The van der Waals surface area contributed by atoms with E-state index in [1.165, 1.54) is 0 Å². The normalized spacial score (nSPS) is 18.7. The van der Waals surface area contributed by atoms with Gasteiger partial charge in [0.2, 0.25) is 17.7 Å². The molecule has 33 heavy (non-hydrogen) atoms. The van der Waals surface area contributed by atoms with Crippen LogP contribution in [0.4, 0.5) is 0 Å². The molecule has 10 heteroatoms. The smallest absolute Gasteiger partial charge is 0.231 e. The maximum atomic E-state index is 12.4. The van der Waals surface area contributed by atoms with Crippen molar-refractivity contribution in [3.8, 4) is 23.2 Å². The third kappa shape index (κ3) is 3.76. The van der Waals surface area contributed by atoms with E-state index in [0.717, 1.165) is 18.2 Å². The first-order chi connectivity index (χ1) is 16.2. The molecule has 0 aromatic carbocycles. The maximum absolute atomic E-state index is 12.4. The molecule has 0 N–H and O–H groups in total. The fourth-order valence-electron chi connectivity index (χ4n) is 4.12. The Morgan fingerprint density at radius 1 is 1.24 bits per heavy atom. The van der Waals surface area contributed by atoms with E-state index in [0.29, 0.717) is 60.7 Å². The van der Waals surface area contributed by atoms with Crippen molar-refractivity contribution < 1.29 is 23.4 Å². The number of methoxy groups -OCH3 is 1. The van der Waals surface area contributed by atoms with Crippen LogP contribution in [-0.4, -0.2) is 69.9 Å². The van der Waals surface area contributed by atoms with Gasteiger partial charge in [-0.15, -0.1) is 5.10 Å². The second kappa shape index (κ2) is 8.04. The van der Waals surface area contributed by atoms with Gasteiger partial charge in [0.1, 0.15) is 24.0 Å². The second-order valence-corrected chi connectivity index (χ2v) is 8.29. The molecule has 10 nitrogen and oxygen atoms in total. The number of carbonyl (C=O) groups is 1. The summed E-state index contributed by atoms with van der Waals surface area (Å²) in [6.07, 6.45) is 5.16. The van der Waals surface area contributed by atoms with E-state index >= 15 is 0 Å². The highest BCUT2D eigenvalue weighted by Crippen LogP contribution is 2.33. The van der Waals surface area contributed by atoms with Gasteiger partial charge < -0.3 is 23.5 Å². The first kappa shape index (κ1) is 20.0. The van der Waals surface area contributed by atoms with Gasteiger partial charge in [-0.05, 0) is 25.0 Å². The fraction of sp³-hybridized carbons (Fsp3) is 0.391. The van der Waals surface area contributed by atoms with Crippen LogP contribution in [0.15, 0.2) is 41.1 Å². The molecule has 1 atom stereocenters. The topological polar surface area (TPSA) is 104 Å². The van der Waals surface area contributed by atoms with Crippen LogP contribution in [-0.2, 0) is 9.53 Å². The monoisotopic (exact) mass is 449 g/mol. The lowest BCUT2D eigenvalue weighted by Gasteiger charge is -2.32. The summed E-state index contributed by atoms with van der Waals surface area (Å²) in [5.74, 6) is 1.98. The summed E-state index contributed by atoms with van der Waals surface area (Å²) in [6, 6.07) is 7.25. The van der Waals surface area contributed by atoms with Crippen LogP contribution < -0.4 is 9.47 Å². The van der Waals surface area contributed by atoms with E-state index in [1.807, 2.05) is 17.0 Å². The minimum atomic E-state index is -0.184. The molecule has 170 valence electrons. The van der Waals surface area contributed by atoms with Gasteiger partial charge in [0.05, 0.1) is 31.8 Å². The van der Waals surface area contributed by atoms with Gasteiger partial charge in [0.15, 0.2) is 11.4 Å². The molecule has 0 spiro atoms. The zero-order valence-corrected chi connectivity index (χ0v) is 18.1. The molecule has 6 rings (SSSR count). The number of rotatable bonds is 6. The molecular formula is C23H23N5O5. The number of hydrogen-bond acceptors (Lipinski definition) is 8. The third-order valence-electron chi connectivity index (χ3n) is 5.99. The molecule has 2 fully saturated rings. The first-order valence-electron chi connectivity index (χ1n) is 11.0. The number of nitrogens with zero attached hydrogens (tertiary/aromatic N) is 5. The molecule has 4 aromatic rings. The Labute approximate surface area is 189 Å². The molecular weight excluding hydrogens is 426 g/mol. The summed E-state index contributed by atoms with van der Waals surface area (Å²) in [5.41, 5.74) is 2.01. The van der Waals surface area contributed by atoms with Gasteiger partial charge in [0, 0.05) is 30.8 Å². The van der Waals surface area contributed by atoms with Gasteiger partial charge >= 0.3 is 0 Å². The van der Waals surface area contributed by atoms with Crippen molar-refractivity contribution in [1.29, 1.82) is 0 Å². The highest BCUT2D eigenvalue weighted by atomic mass is 16.5. The highest BCUT2D eigenvalue weighted by Gasteiger charge is 2.35. The number of imidazole rings is 1. The van der Waals surface area contributed by atoms with Crippen molar-refractivity contribution in [2.24, 2.45) is 5.92 Å². The van der Waals surface area contributed by atoms with Crippen LogP contribution in [0.25, 0.3) is 28.1 Å². The molecule has 0 bridgehead atoms. The summed E-state index contributed by atoms with van der Waals surface area (Å²) >= 11 is 0. The third-order valence-corrected chi connectivity index (χ3v) is 5.99. The van der Waals surface area contributed by atoms with Gasteiger partial charge in [0.25, 0.3) is 0 Å². The van der Waals surface area contributed by atoms with E-state index in [4.69, 9.17) is 18.6 Å². The molecule has 0 unspecified atom stereocenters. The van der Waals surface area contributed by atoms with Gasteiger partial charge in [-0.3, -0.25) is 4.79 Å². The number of furan rings is 1. The lowest BCUT2D eigenvalue weighted by molar-refractivity contribution is -0.141. The molecule has 1 aliphatic heterocycles. The molecule has 5 heterocycles. The number of pyridine rings is 1. The Morgan fingerprint density at radius 3 is 3.00 bits per heavy atom. The average molecular weight is 449 g/mol. The predicted molar refractivity (Wildman–Crippen MR) is 117 cm³/mol. The number of fused-ring (bicyclic) bond motifs is 2. The van der Waals surface area contributed by atoms with Crippen molar-refractivity contribution in [3.63, 3.8) is 0 Å². The molecule has 1 aliphatic carbocycles. The number of hydrogen-bond donors (Lipinski definition) is 0. The Kier molecular flexibility index (Phi) is 4.87. The van der Waals surface area contributed by atoms with Crippen LogP contribution in [0.5, 0.6) is 11.8 Å². The van der Waals surface area contributed by atoms with E-state index in [-0.39, 0.29) is 17.9 Å². The molecule has 4 aromatic heterocycles. The van der Waals surface area contributed by atoms with Crippen molar-refractivity contribution >= 4 is 22.5 Å². The van der Waals surface area contributed by atoms with Crippen LogP contribution >= 0.6 is 0 Å². The van der Waals surface area contributed by atoms with E-state index in [1.54, 1.807) is 36.2 Å². The largest absolute Gasteiger partial charge is 0.480 e. The van der Waals surface area contributed by atoms with Crippen molar-refractivity contribution in [1.82, 2.24) is 24.5 Å². The quantitative estimate of drug-likeness (QED) is 0.442. The predicted octanol–water partition coefficient (Wildman–Crippen LogP) is 2.56. The summed E-state index contributed by atoms with van der Waals surface area (Å²) in [6.45, 7) is 2.02. The number of ether oxygens (including phenoxy) is 3. The summed E-state index contributed by atoms with van der Waals surface area (Å²) in [7, 11) is 1.57. The zero-order chi connectivity index (χ0) is 22.4. The first-order valence-corrected chi connectivity index (χ1v) is 11.0. The Morgan fingerprint density at radius 2 is 2.15 bits per heavy atom. The van der Waals surface area contributed by atoms with Crippen LogP contribution in [0.1, 0.15) is 12.8 Å². The lowest BCUT2D eigenvalue weighted by atomic mass is 10.2. The highest BCUT2D eigenvalue weighted by molar-refractivity contribution is 5.86.